The largest absolute Gasteiger partial charge is 0.496 e. The number of aryl methyl sites for hydroxylation is 2. The van der Waals surface area contributed by atoms with Gasteiger partial charge < -0.3 is 9.47 Å². The molecule has 1 aliphatic heterocycles. The lowest BCUT2D eigenvalue weighted by molar-refractivity contribution is -0.0767. The molecular weight excluding hydrogens is 214 g/mol. The maximum atomic E-state index is 9.24. The number of benzene rings is 1. The van der Waals surface area contributed by atoms with Crippen molar-refractivity contribution in [3.63, 3.8) is 0 Å². The van der Waals surface area contributed by atoms with Gasteiger partial charge in [-0.2, -0.15) is 5.26 Å². The quantitative estimate of drug-likeness (QED) is 0.802. The van der Waals surface area contributed by atoms with Crippen LogP contribution in [0.1, 0.15) is 16.7 Å². The predicted octanol–water partition coefficient (Wildman–Crippen LogP) is 2.39. The number of nitrogens with zero attached hydrogens (tertiary/aromatic N) is 1. The fourth-order valence-electron chi connectivity index (χ4n) is 2.26. The van der Waals surface area contributed by atoms with Crippen molar-refractivity contribution in [2.75, 3.05) is 20.3 Å². The molecule has 0 unspecified atom stereocenters. The summed E-state index contributed by atoms with van der Waals surface area (Å²) in [4.78, 5) is 0. The summed E-state index contributed by atoms with van der Waals surface area (Å²) in [5.41, 5.74) is 3.14. The van der Waals surface area contributed by atoms with Gasteiger partial charge in [-0.15, -0.1) is 0 Å². The number of rotatable bonds is 3. The Morgan fingerprint density at radius 3 is 2.59 bits per heavy atom. The molecule has 0 atom stereocenters. The van der Waals surface area contributed by atoms with Gasteiger partial charge in [0.15, 0.2) is 0 Å². The molecule has 90 valence electrons. The van der Waals surface area contributed by atoms with Crippen LogP contribution in [0.3, 0.4) is 0 Å². The number of methoxy groups -OCH3 is 1. The van der Waals surface area contributed by atoms with Crippen molar-refractivity contribution in [1.82, 2.24) is 0 Å². The highest BCUT2D eigenvalue weighted by Gasteiger charge is 2.40. The van der Waals surface area contributed by atoms with Crippen molar-refractivity contribution < 1.29 is 9.47 Å². The molecule has 0 N–H and O–H groups in total. The molecule has 17 heavy (non-hydrogen) atoms. The second-order valence-corrected chi connectivity index (χ2v) is 4.82. The highest BCUT2D eigenvalue weighted by Crippen LogP contribution is 2.36. The van der Waals surface area contributed by atoms with Crippen molar-refractivity contribution in [3.05, 3.63) is 28.8 Å². The Morgan fingerprint density at radius 2 is 2.12 bits per heavy atom. The van der Waals surface area contributed by atoms with Gasteiger partial charge in [-0.1, -0.05) is 6.07 Å². The maximum absolute atomic E-state index is 9.24. The summed E-state index contributed by atoms with van der Waals surface area (Å²) in [5, 5.41) is 9.24. The topological polar surface area (TPSA) is 42.2 Å². The van der Waals surface area contributed by atoms with Crippen molar-refractivity contribution >= 4 is 0 Å². The average Bonchev–Trinajstić information content (AvgIpc) is 2.25. The Bertz CT molecular complexity index is 470. The van der Waals surface area contributed by atoms with Gasteiger partial charge in [0, 0.05) is 0 Å². The van der Waals surface area contributed by atoms with Crippen LogP contribution in [0, 0.1) is 30.6 Å². The van der Waals surface area contributed by atoms with Crippen molar-refractivity contribution in [1.29, 1.82) is 5.26 Å². The van der Waals surface area contributed by atoms with Crippen LogP contribution in [0.15, 0.2) is 12.1 Å². The zero-order valence-corrected chi connectivity index (χ0v) is 10.5. The van der Waals surface area contributed by atoms with E-state index in [1.165, 1.54) is 11.1 Å². The third kappa shape index (κ3) is 2.13. The molecule has 1 saturated heterocycles. The fraction of sp³-hybridized carbons (Fsp3) is 0.500. The molecule has 0 spiro atoms. The minimum atomic E-state index is -0.354. The molecule has 1 heterocycles. The molecule has 1 aromatic rings. The molecule has 2 rings (SSSR count). The normalized spacial score (nSPS) is 17.1. The SMILES string of the molecule is COc1cc(C)cc(C)c1CC1(C#N)COC1. The van der Waals surface area contributed by atoms with E-state index in [-0.39, 0.29) is 5.41 Å². The van der Waals surface area contributed by atoms with Crippen LogP contribution < -0.4 is 4.74 Å². The summed E-state index contributed by atoms with van der Waals surface area (Å²) in [6, 6.07) is 6.52. The van der Waals surface area contributed by atoms with Crippen LogP contribution in [-0.2, 0) is 11.2 Å². The van der Waals surface area contributed by atoms with E-state index < -0.39 is 0 Å². The fourth-order valence-corrected chi connectivity index (χ4v) is 2.26. The lowest BCUT2D eigenvalue weighted by Gasteiger charge is -2.35. The Hall–Kier alpha value is -1.53. The molecule has 1 fully saturated rings. The van der Waals surface area contributed by atoms with Crippen molar-refractivity contribution in [3.8, 4) is 11.8 Å². The zero-order chi connectivity index (χ0) is 12.5. The summed E-state index contributed by atoms with van der Waals surface area (Å²) < 4.78 is 10.6. The van der Waals surface area contributed by atoms with Gasteiger partial charge in [-0.3, -0.25) is 0 Å². The van der Waals surface area contributed by atoms with Gasteiger partial charge in [-0.05, 0) is 43.0 Å². The molecule has 3 nitrogen and oxygen atoms in total. The van der Waals surface area contributed by atoms with Crippen molar-refractivity contribution in [2.45, 2.75) is 20.3 Å². The van der Waals surface area contributed by atoms with Gasteiger partial charge in [0.2, 0.25) is 0 Å². The lowest BCUT2D eigenvalue weighted by Crippen LogP contribution is -2.43. The maximum Gasteiger partial charge on any atom is 0.122 e. The smallest absolute Gasteiger partial charge is 0.122 e. The standard InChI is InChI=1S/C14H17NO2/c1-10-4-11(2)12(13(5-10)16-3)6-14(7-15)8-17-9-14/h4-5H,6,8-9H2,1-3H3. The van der Waals surface area contributed by atoms with Gasteiger partial charge in [-0.25, -0.2) is 0 Å². The monoisotopic (exact) mass is 231 g/mol. The van der Waals surface area contributed by atoms with Crippen LogP contribution in [0.25, 0.3) is 0 Å². The molecule has 0 aliphatic carbocycles. The Morgan fingerprint density at radius 1 is 1.41 bits per heavy atom. The van der Waals surface area contributed by atoms with Crippen LogP contribution in [0.4, 0.5) is 0 Å². The molecule has 1 aliphatic rings. The van der Waals surface area contributed by atoms with E-state index in [1.54, 1.807) is 7.11 Å². The first-order valence-corrected chi connectivity index (χ1v) is 5.73. The second-order valence-electron chi connectivity index (χ2n) is 4.82. The van der Waals surface area contributed by atoms with Gasteiger partial charge >= 0.3 is 0 Å². The van der Waals surface area contributed by atoms with Gasteiger partial charge in [0.25, 0.3) is 0 Å². The number of nitriles is 1. The minimum absolute atomic E-state index is 0.354. The molecule has 0 radical (unpaired) electrons. The third-order valence-electron chi connectivity index (χ3n) is 3.31. The highest BCUT2D eigenvalue weighted by molar-refractivity contribution is 5.44. The molecule has 1 aromatic carbocycles. The molecule has 0 bridgehead atoms. The highest BCUT2D eigenvalue weighted by atomic mass is 16.5. The van der Waals surface area contributed by atoms with Gasteiger partial charge in [0.1, 0.15) is 11.2 Å². The van der Waals surface area contributed by atoms with E-state index in [0.29, 0.717) is 19.6 Å². The van der Waals surface area contributed by atoms with E-state index in [9.17, 15) is 5.26 Å². The zero-order valence-electron chi connectivity index (χ0n) is 10.5. The summed E-state index contributed by atoms with van der Waals surface area (Å²) in [7, 11) is 1.67. The molecule has 3 heteroatoms. The second kappa shape index (κ2) is 4.38. The first kappa shape index (κ1) is 11.9. The first-order valence-electron chi connectivity index (χ1n) is 5.73. The van der Waals surface area contributed by atoms with E-state index in [1.807, 2.05) is 13.0 Å². The minimum Gasteiger partial charge on any atom is -0.496 e. The Kier molecular flexibility index (Phi) is 3.08. The number of ether oxygens (including phenoxy) is 2. The van der Waals surface area contributed by atoms with E-state index in [4.69, 9.17) is 9.47 Å². The lowest BCUT2D eigenvalue weighted by atomic mass is 9.80. The van der Waals surface area contributed by atoms with E-state index in [2.05, 4.69) is 19.1 Å². The van der Waals surface area contributed by atoms with E-state index in [0.717, 1.165) is 11.3 Å². The van der Waals surface area contributed by atoms with Gasteiger partial charge in [0.05, 0.1) is 26.4 Å². The summed E-state index contributed by atoms with van der Waals surface area (Å²) in [5.74, 6) is 0.879. The number of hydrogen-bond acceptors (Lipinski definition) is 3. The van der Waals surface area contributed by atoms with Crippen LogP contribution in [0.2, 0.25) is 0 Å². The predicted molar refractivity (Wildman–Crippen MR) is 65.0 cm³/mol. The Balaban J connectivity index is 2.35. The average molecular weight is 231 g/mol. The Labute approximate surface area is 102 Å². The first-order chi connectivity index (χ1) is 8.10. The molecule has 0 aromatic heterocycles. The molecule has 0 saturated carbocycles. The summed E-state index contributed by atoms with van der Waals surface area (Å²) >= 11 is 0. The number of hydrogen-bond donors (Lipinski definition) is 0. The molecule has 0 amide bonds. The van der Waals surface area contributed by atoms with Crippen LogP contribution in [0.5, 0.6) is 5.75 Å². The summed E-state index contributed by atoms with van der Waals surface area (Å²) in [6.45, 7) is 5.17. The summed E-state index contributed by atoms with van der Waals surface area (Å²) in [6.07, 6.45) is 0.707. The third-order valence-corrected chi connectivity index (χ3v) is 3.31. The van der Waals surface area contributed by atoms with E-state index >= 15 is 0 Å². The molecular formula is C14H17NO2. The van der Waals surface area contributed by atoms with Crippen LogP contribution >= 0.6 is 0 Å². The van der Waals surface area contributed by atoms with Crippen molar-refractivity contribution in [2.24, 2.45) is 5.41 Å². The van der Waals surface area contributed by atoms with Crippen LogP contribution in [-0.4, -0.2) is 20.3 Å².